The Labute approximate surface area is 152 Å². The number of hydrogen-bond acceptors (Lipinski definition) is 5. The zero-order chi connectivity index (χ0) is 17.5. The largest absolute Gasteiger partial charge is 0.497 e. The smallest absolute Gasteiger partial charge is 0.131 e. The summed E-state index contributed by atoms with van der Waals surface area (Å²) in [7, 11) is 1.66. The molecule has 0 atom stereocenters. The maximum atomic E-state index is 5.90. The van der Waals surface area contributed by atoms with Crippen LogP contribution in [0, 0.1) is 0 Å². The fraction of sp³-hybridized carbons (Fsp3) is 0.158. The van der Waals surface area contributed by atoms with Gasteiger partial charge in [-0.05, 0) is 35.4 Å². The first-order valence-electron chi connectivity index (χ1n) is 7.90. The molecule has 0 saturated carbocycles. The van der Waals surface area contributed by atoms with Crippen molar-refractivity contribution in [1.82, 2.24) is 9.97 Å². The minimum atomic E-state index is 0.673. The minimum Gasteiger partial charge on any atom is -0.497 e. The van der Waals surface area contributed by atoms with Crippen molar-refractivity contribution in [2.24, 2.45) is 0 Å². The first-order chi connectivity index (χ1) is 12.2. The second-order valence-electron chi connectivity index (χ2n) is 5.47. The molecule has 2 aromatic carbocycles. The van der Waals surface area contributed by atoms with Crippen molar-refractivity contribution in [3.8, 4) is 5.75 Å². The zero-order valence-electron chi connectivity index (χ0n) is 13.9. The minimum absolute atomic E-state index is 0.673. The molecule has 0 fully saturated rings. The highest BCUT2D eigenvalue weighted by Crippen LogP contribution is 2.15. The van der Waals surface area contributed by atoms with Crippen LogP contribution in [0.2, 0.25) is 5.02 Å². The lowest BCUT2D eigenvalue weighted by Crippen LogP contribution is -2.05. The van der Waals surface area contributed by atoms with E-state index < -0.39 is 0 Å². The standard InChI is InChI=1S/C19H19ClN4O/c1-25-17-8-4-15(5-9-17)12-22-19-10-18(23-13-24-19)21-11-14-2-6-16(20)7-3-14/h2-10,13H,11-12H2,1H3,(H2,21,22,23,24). The van der Waals surface area contributed by atoms with Crippen LogP contribution in [0.25, 0.3) is 0 Å². The monoisotopic (exact) mass is 354 g/mol. The van der Waals surface area contributed by atoms with E-state index in [9.17, 15) is 0 Å². The van der Waals surface area contributed by atoms with Crippen LogP contribution in [0.5, 0.6) is 5.75 Å². The molecular formula is C19H19ClN4O. The van der Waals surface area contributed by atoms with Gasteiger partial charge in [-0.1, -0.05) is 35.9 Å². The van der Waals surface area contributed by atoms with Gasteiger partial charge in [0.1, 0.15) is 23.7 Å². The molecule has 25 heavy (non-hydrogen) atoms. The molecule has 128 valence electrons. The number of nitrogens with zero attached hydrogens (tertiary/aromatic N) is 2. The number of rotatable bonds is 7. The van der Waals surface area contributed by atoms with E-state index in [1.807, 2.05) is 54.6 Å². The molecule has 0 amide bonds. The number of anilines is 2. The lowest BCUT2D eigenvalue weighted by atomic mass is 10.2. The van der Waals surface area contributed by atoms with E-state index in [0.29, 0.717) is 13.1 Å². The maximum Gasteiger partial charge on any atom is 0.131 e. The second kappa shape index (κ2) is 8.35. The van der Waals surface area contributed by atoms with E-state index in [-0.39, 0.29) is 0 Å². The molecule has 3 rings (SSSR count). The number of methoxy groups -OCH3 is 1. The van der Waals surface area contributed by atoms with Crippen LogP contribution in [-0.2, 0) is 13.1 Å². The van der Waals surface area contributed by atoms with Crippen LogP contribution in [0.4, 0.5) is 11.6 Å². The van der Waals surface area contributed by atoms with Crippen molar-refractivity contribution in [2.75, 3.05) is 17.7 Å². The number of ether oxygens (including phenoxy) is 1. The summed E-state index contributed by atoms with van der Waals surface area (Å²) in [5.41, 5.74) is 2.28. The Morgan fingerprint density at radius 1 is 0.840 bits per heavy atom. The van der Waals surface area contributed by atoms with Crippen molar-refractivity contribution in [3.05, 3.63) is 77.1 Å². The van der Waals surface area contributed by atoms with Gasteiger partial charge in [-0.3, -0.25) is 0 Å². The number of benzene rings is 2. The molecule has 6 heteroatoms. The molecule has 1 heterocycles. The average Bonchev–Trinajstić information content (AvgIpc) is 2.67. The summed E-state index contributed by atoms with van der Waals surface area (Å²) in [4.78, 5) is 8.50. The van der Waals surface area contributed by atoms with Gasteiger partial charge in [-0.2, -0.15) is 0 Å². The van der Waals surface area contributed by atoms with Crippen LogP contribution < -0.4 is 15.4 Å². The highest BCUT2D eigenvalue weighted by molar-refractivity contribution is 6.30. The highest BCUT2D eigenvalue weighted by Gasteiger charge is 2.00. The summed E-state index contributed by atoms with van der Waals surface area (Å²) in [5.74, 6) is 2.38. The van der Waals surface area contributed by atoms with Gasteiger partial charge < -0.3 is 15.4 Å². The quantitative estimate of drug-likeness (QED) is 0.660. The van der Waals surface area contributed by atoms with Gasteiger partial charge in [-0.25, -0.2) is 9.97 Å². The predicted octanol–water partition coefficient (Wildman–Crippen LogP) is 4.36. The number of hydrogen-bond donors (Lipinski definition) is 2. The fourth-order valence-electron chi connectivity index (χ4n) is 2.28. The number of aromatic nitrogens is 2. The van der Waals surface area contributed by atoms with Crippen LogP contribution in [0.1, 0.15) is 11.1 Å². The van der Waals surface area contributed by atoms with Crippen molar-refractivity contribution in [2.45, 2.75) is 13.1 Å². The van der Waals surface area contributed by atoms with E-state index in [2.05, 4.69) is 20.6 Å². The van der Waals surface area contributed by atoms with Crippen LogP contribution in [-0.4, -0.2) is 17.1 Å². The summed E-state index contributed by atoms with van der Waals surface area (Å²) in [6.07, 6.45) is 1.54. The Hall–Kier alpha value is -2.79. The molecule has 0 aliphatic carbocycles. The summed E-state index contributed by atoms with van der Waals surface area (Å²) in [6, 6.07) is 17.5. The molecular weight excluding hydrogens is 336 g/mol. The first-order valence-corrected chi connectivity index (χ1v) is 8.28. The van der Waals surface area contributed by atoms with Crippen LogP contribution in [0.15, 0.2) is 60.9 Å². The van der Waals surface area contributed by atoms with E-state index in [1.54, 1.807) is 13.4 Å². The molecule has 0 aliphatic rings. The van der Waals surface area contributed by atoms with Crippen molar-refractivity contribution < 1.29 is 4.74 Å². The SMILES string of the molecule is COc1ccc(CNc2cc(NCc3ccc(Cl)cc3)ncn2)cc1. The number of nitrogens with one attached hydrogen (secondary N) is 2. The van der Waals surface area contributed by atoms with Gasteiger partial charge in [0.15, 0.2) is 0 Å². The Morgan fingerprint density at radius 3 is 1.88 bits per heavy atom. The summed E-state index contributed by atoms with van der Waals surface area (Å²) >= 11 is 5.90. The highest BCUT2D eigenvalue weighted by atomic mass is 35.5. The maximum absolute atomic E-state index is 5.90. The van der Waals surface area contributed by atoms with Crippen molar-refractivity contribution in [3.63, 3.8) is 0 Å². The lowest BCUT2D eigenvalue weighted by Gasteiger charge is -2.09. The summed E-state index contributed by atoms with van der Waals surface area (Å²) in [6.45, 7) is 1.35. The second-order valence-corrected chi connectivity index (χ2v) is 5.91. The Kier molecular flexibility index (Phi) is 5.69. The normalized spacial score (nSPS) is 10.3. The summed E-state index contributed by atoms with van der Waals surface area (Å²) < 4.78 is 5.16. The van der Waals surface area contributed by atoms with Gasteiger partial charge >= 0.3 is 0 Å². The molecule has 0 radical (unpaired) electrons. The predicted molar refractivity (Wildman–Crippen MR) is 101 cm³/mol. The van der Waals surface area contributed by atoms with Crippen molar-refractivity contribution in [1.29, 1.82) is 0 Å². The van der Waals surface area contributed by atoms with Gasteiger partial charge in [0, 0.05) is 24.2 Å². The van der Waals surface area contributed by atoms with E-state index in [4.69, 9.17) is 16.3 Å². The fourth-order valence-corrected chi connectivity index (χ4v) is 2.41. The molecule has 1 aromatic heterocycles. The van der Waals surface area contributed by atoms with Gasteiger partial charge in [0.25, 0.3) is 0 Å². The van der Waals surface area contributed by atoms with Gasteiger partial charge in [0.05, 0.1) is 7.11 Å². The van der Waals surface area contributed by atoms with Gasteiger partial charge in [0.2, 0.25) is 0 Å². The van der Waals surface area contributed by atoms with E-state index >= 15 is 0 Å². The number of halogens is 1. The third-order valence-corrected chi connectivity index (χ3v) is 3.94. The molecule has 2 N–H and O–H groups in total. The molecule has 5 nitrogen and oxygen atoms in total. The molecule has 3 aromatic rings. The van der Waals surface area contributed by atoms with Gasteiger partial charge in [-0.15, -0.1) is 0 Å². The van der Waals surface area contributed by atoms with Crippen LogP contribution >= 0.6 is 11.6 Å². The molecule has 0 bridgehead atoms. The third-order valence-electron chi connectivity index (χ3n) is 3.69. The van der Waals surface area contributed by atoms with Crippen LogP contribution in [0.3, 0.4) is 0 Å². The summed E-state index contributed by atoms with van der Waals surface area (Å²) in [5, 5.41) is 7.31. The first kappa shape index (κ1) is 17.0. The van der Waals surface area contributed by atoms with E-state index in [1.165, 1.54) is 0 Å². The van der Waals surface area contributed by atoms with Crippen molar-refractivity contribution >= 4 is 23.2 Å². The molecule has 0 aliphatic heterocycles. The Balaban J connectivity index is 1.56. The lowest BCUT2D eigenvalue weighted by molar-refractivity contribution is 0.414. The molecule has 0 spiro atoms. The molecule has 0 saturated heterocycles. The zero-order valence-corrected chi connectivity index (χ0v) is 14.6. The Morgan fingerprint density at radius 2 is 1.36 bits per heavy atom. The van der Waals surface area contributed by atoms with E-state index in [0.717, 1.165) is 33.5 Å². The topological polar surface area (TPSA) is 59.1 Å². The Bertz CT molecular complexity index is 806. The third kappa shape index (κ3) is 5.09. The molecule has 0 unspecified atom stereocenters. The average molecular weight is 355 g/mol.